The Labute approximate surface area is 126 Å². The predicted molar refractivity (Wildman–Crippen MR) is 84.5 cm³/mol. The van der Waals surface area contributed by atoms with Crippen LogP contribution < -0.4 is 5.32 Å². The standard InChI is InChI=1S/C16H13N3OS/c1-11-6-5-9-17-15(11)19-16(20)14-13(18-10-21-14)12-7-3-2-4-8-12/h2-10H,1H3,(H,17,19,20). The van der Waals surface area contributed by atoms with Gasteiger partial charge in [0.2, 0.25) is 0 Å². The second-order valence-electron chi connectivity index (χ2n) is 4.52. The molecule has 0 unspecified atom stereocenters. The summed E-state index contributed by atoms with van der Waals surface area (Å²) >= 11 is 1.33. The van der Waals surface area contributed by atoms with Crippen molar-refractivity contribution in [2.24, 2.45) is 0 Å². The van der Waals surface area contributed by atoms with Crippen LogP contribution in [0, 0.1) is 6.92 Å². The van der Waals surface area contributed by atoms with Gasteiger partial charge in [0.05, 0.1) is 11.2 Å². The first-order chi connectivity index (χ1) is 10.3. The summed E-state index contributed by atoms with van der Waals surface area (Å²) in [6.07, 6.45) is 1.66. The van der Waals surface area contributed by atoms with Gasteiger partial charge in [-0.05, 0) is 18.6 Å². The Hall–Kier alpha value is -2.53. The van der Waals surface area contributed by atoms with Crippen LogP contribution in [0.1, 0.15) is 15.2 Å². The van der Waals surface area contributed by atoms with Gasteiger partial charge in [-0.1, -0.05) is 36.4 Å². The van der Waals surface area contributed by atoms with E-state index in [9.17, 15) is 4.79 Å². The van der Waals surface area contributed by atoms with E-state index >= 15 is 0 Å². The molecule has 0 bridgehead atoms. The fourth-order valence-corrected chi connectivity index (χ4v) is 2.69. The molecule has 5 heteroatoms. The molecule has 0 aliphatic rings. The van der Waals surface area contributed by atoms with Gasteiger partial charge in [0.1, 0.15) is 10.7 Å². The summed E-state index contributed by atoms with van der Waals surface area (Å²) in [6.45, 7) is 1.91. The van der Waals surface area contributed by atoms with Crippen LogP contribution in [-0.2, 0) is 0 Å². The molecule has 2 heterocycles. The largest absolute Gasteiger partial charge is 0.306 e. The maximum Gasteiger partial charge on any atom is 0.269 e. The molecule has 1 N–H and O–H groups in total. The number of anilines is 1. The van der Waals surface area contributed by atoms with Crippen molar-refractivity contribution >= 4 is 23.1 Å². The SMILES string of the molecule is Cc1cccnc1NC(=O)c1scnc1-c1ccccc1. The minimum absolute atomic E-state index is 0.182. The second-order valence-corrected chi connectivity index (χ2v) is 5.37. The Morgan fingerprint density at radius 2 is 1.90 bits per heavy atom. The summed E-state index contributed by atoms with van der Waals surface area (Å²) in [5.74, 6) is 0.396. The van der Waals surface area contributed by atoms with Crippen molar-refractivity contribution in [3.8, 4) is 11.3 Å². The number of pyridine rings is 1. The number of benzene rings is 1. The van der Waals surface area contributed by atoms with Gasteiger partial charge in [-0.3, -0.25) is 4.79 Å². The van der Waals surface area contributed by atoms with E-state index in [0.29, 0.717) is 16.4 Å². The zero-order valence-corrected chi connectivity index (χ0v) is 12.2. The average molecular weight is 295 g/mol. The highest BCUT2D eigenvalue weighted by atomic mass is 32.1. The summed E-state index contributed by atoms with van der Waals surface area (Å²) in [4.78, 5) is 21.5. The first-order valence-corrected chi connectivity index (χ1v) is 7.35. The Kier molecular flexibility index (Phi) is 3.75. The first-order valence-electron chi connectivity index (χ1n) is 6.47. The lowest BCUT2D eigenvalue weighted by molar-refractivity contribution is 0.103. The van der Waals surface area contributed by atoms with E-state index < -0.39 is 0 Å². The van der Waals surface area contributed by atoms with E-state index in [1.807, 2.05) is 49.4 Å². The highest BCUT2D eigenvalue weighted by molar-refractivity contribution is 7.12. The average Bonchev–Trinajstić information content (AvgIpc) is 3.00. The number of aromatic nitrogens is 2. The van der Waals surface area contributed by atoms with Crippen LogP contribution in [0.4, 0.5) is 5.82 Å². The summed E-state index contributed by atoms with van der Waals surface area (Å²) < 4.78 is 0. The van der Waals surface area contributed by atoms with Gasteiger partial charge in [-0.15, -0.1) is 11.3 Å². The zero-order valence-electron chi connectivity index (χ0n) is 11.4. The number of nitrogens with one attached hydrogen (secondary N) is 1. The van der Waals surface area contributed by atoms with Gasteiger partial charge in [0.15, 0.2) is 0 Å². The van der Waals surface area contributed by atoms with Crippen LogP contribution in [0.15, 0.2) is 54.2 Å². The highest BCUT2D eigenvalue weighted by Gasteiger charge is 2.17. The number of amides is 1. The summed E-state index contributed by atoms with van der Waals surface area (Å²) in [5.41, 5.74) is 4.24. The van der Waals surface area contributed by atoms with Gasteiger partial charge in [0, 0.05) is 11.8 Å². The van der Waals surface area contributed by atoms with Gasteiger partial charge < -0.3 is 5.32 Å². The van der Waals surface area contributed by atoms with E-state index in [0.717, 1.165) is 11.1 Å². The van der Waals surface area contributed by atoms with Crippen LogP contribution >= 0.6 is 11.3 Å². The molecule has 3 rings (SSSR count). The van der Waals surface area contributed by atoms with Crippen LogP contribution in [0.25, 0.3) is 11.3 Å². The van der Waals surface area contributed by atoms with Crippen LogP contribution in [0.3, 0.4) is 0 Å². The number of aryl methyl sites for hydroxylation is 1. The molecule has 4 nitrogen and oxygen atoms in total. The number of carbonyl (C=O) groups is 1. The van der Waals surface area contributed by atoms with Gasteiger partial charge in [-0.25, -0.2) is 9.97 Å². The molecule has 0 aliphatic carbocycles. The molecule has 1 aromatic carbocycles. The van der Waals surface area contributed by atoms with Gasteiger partial charge in [-0.2, -0.15) is 0 Å². The molecule has 1 amide bonds. The Balaban J connectivity index is 1.90. The zero-order chi connectivity index (χ0) is 14.7. The third kappa shape index (κ3) is 2.83. The minimum atomic E-state index is -0.182. The molecule has 0 aliphatic heterocycles. The number of carbonyl (C=O) groups excluding carboxylic acids is 1. The summed E-state index contributed by atoms with van der Waals surface area (Å²) in [7, 11) is 0. The molecule has 0 radical (unpaired) electrons. The molecule has 21 heavy (non-hydrogen) atoms. The third-order valence-electron chi connectivity index (χ3n) is 3.06. The second kappa shape index (κ2) is 5.85. The van der Waals surface area contributed by atoms with Crippen molar-refractivity contribution < 1.29 is 4.79 Å². The maximum absolute atomic E-state index is 12.4. The molecule has 0 atom stereocenters. The Bertz CT molecular complexity index is 768. The lowest BCUT2D eigenvalue weighted by atomic mass is 10.1. The van der Waals surface area contributed by atoms with E-state index in [1.165, 1.54) is 11.3 Å². The smallest absolute Gasteiger partial charge is 0.269 e. The third-order valence-corrected chi connectivity index (χ3v) is 3.89. The number of nitrogens with zero attached hydrogens (tertiary/aromatic N) is 2. The molecular weight excluding hydrogens is 282 g/mol. The van der Waals surface area contributed by atoms with Gasteiger partial charge >= 0.3 is 0 Å². The monoisotopic (exact) mass is 295 g/mol. The van der Waals surface area contributed by atoms with Crippen molar-refractivity contribution in [3.05, 3.63) is 64.6 Å². The highest BCUT2D eigenvalue weighted by Crippen LogP contribution is 2.26. The Morgan fingerprint density at radius 1 is 1.10 bits per heavy atom. The number of rotatable bonds is 3. The lowest BCUT2D eigenvalue weighted by Crippen LogP contribution is -2.13. The fraction of sp³-hybridized carbons (Fsp3) is 0.0625. The molecule has 104 valence electrons. The molecule has 0 saturated heterocycles. The Morgan fingerprint density at radius 3 is 2.67 bits per heavy atom. The molecule has 3 aromatic rings. The molecule has 2 aromatic heterocycles. The summed E-state index contributed by atoms with van der Waals surface area (Å²) in [6, 6.07) is 13.4. The minimum Gasteiger partial charge on any atom is -0.306 e. The quantitative estimate of drug-likeness (QED) is 0.800. The number of hydrogen-bond donors (Lipinski definition) is 1. The lowest BCUT2D eigenvalue weighted by Gasteiger charge is -2.06. The molecule has 0 fully saturated rings. The van der Waals surface area contributed by atoms with Crippen molar-refractivity contribution in [1.82, 2.24) is 9.97 Å². The van der Waals surface area contributed by atoms with Crippen molar-refractivity contribution in [3.63, 3.8) is 0 Å². The number of hydrogen-bond acceptors (Lipinski definition) is 4. The maximum atomic E-state index is 12.4. The normalized spacial score (nSPS) is 10.3. The van der Waals surface area contributed by atoms with E-state index in [1.54, 1.807) is 11.7 Å². The fourth-order valence-electron chi connectivity index (χ4n) is 1.99. The van der Waals surface area contributed by atoms with E-state index in [-0.39, 0.29) is 5.91 Å². The molecule has 0 spiro atoms. The van der Waals surface area contributed by atoms with E-state index in [2.05, 4.69) is 15.3 Å². The van der Waals surface area contributed by atoms with E-state index in [4.69, 9.17) is 0 Å². The van der Waals surface area contributed by atoms with Crippen molar-refractivity contribution in [1.29, 1.82) is 0 Å². The predicted octanol–water partition coefficient (Wildman–Crippen LogP) is 3.77. The van der Waals surface area contributed by atoms with Crippen LogP contribution in [0.5, 0.6) is 0 Å². The van der Waals surface area contributed by atoms with Crippen LogP contribution in [-0.4, -0.2) is 15.9 Å². The number of thiazole rings is 1. The van der Waals surface area contributed by atoms with Crippen LogP contribution in [0.2, 0.25) is 0 Å². The first kappa shape index (κ1) is 13.5. The molecular formula is C16H13N3OS. The molecule has 0 saturated carbocycles. The van der Waals surface area contributed by atoms with Crippen molar-refractivity contribution in [2.75, 3.05) is 5.32 Å². The van der Waals surface area contributed by atoms with Gasteiger partial charge in [0.25, 0.3) is 5.91 Å². The van der Waals surface area contributed by atoms with Crippen molar-refractivity contribution in [2.45, 2.75) is 6.92 Å². The summed E-state index contributed by atoms with van der Waals surface area (Å²) in [5, 5.41) is 2.84. The topological polar surface area (TPSA) is 54.9 Å².